The van der Waals surface area contributed by atoms with E-state index in [0.717, 1.165) is 12.1 Å². The van der Waals surface area contributed by atoms with Crippen LogP contribution in [0.1, 0.15) is 11.4 Å². The first-order valence-corrected chi connectivity index (χ1v) is 9.66. The van der Waals surface area contributed by atoms with E-state index in [-0.39, 0.29) is 22.5 Å². The van der Waals surface area contributed by atoms with E-state index in [1.807, 2.05) is 0 Å². The van der Waals surface area contributed by atoms with Crippen LogP contribution in [0, 0.1) is 0 Å². The SMILES string of the molecule is FC(F)(F)c1ccc2cccc([O][Al][O]c3cccc4ccc(C(F)(F)F)nc34)c2n1. The summed E-state index contributed by atoms with van der Waals surface area (Å²) in [5, 5.41) is 0.873. The highest BCUT2D eigenvalue weighted by molar-refractivity contribution is 6.21. The highest BCUT2D eigenvalue weighted by Crippen LogP contribution is 2.33. The molecule has 0 aliphatic rings. The molecule has 0 saturated carbocycles. The lowest BCUT2D eigenvalue weighted by Gasteiger charge is -2.13. The van der Waals surface area contributed by atoms with Gasteiger partial charge in [0.05, 0.1) is 0 Å². The zero-order valence-corrected chi connectivity index (χ0v) is 16.5. The number of rotatable bonds is 4. The van der Waals surface area contributed by atoms with Crippen molar-refractivity contribution in [3.8, 4) is 11.5 Å². The summed E-state index contributed by atoms with van der Waals surface area (Å²) >= 11 is -1.33. The number of hydrogen-bond donors (Lipinski definition) is 0. The maximum Gasteiger partial charge on any atom is 0.882 e. The first-order valence-electron chi connectivity index (χ1n) is 8.72. The average molecular weight is 451 g/mol. The largest absolute Gasteiger partial charge is 0.882 e. The normalized spacial score (nSPS) is 12.2. The minimum atomic E-state index is -4.62. The number of aromatic nitrogens is 2. The molecule has 31 heavy (non-hydrogen) atoms. The summed E-state index contributed by atoms with van der Waals surface area (Å²) in [4.78, 5) is 7.26. The lowest BCUT2D eigenvalue weighted by atomic mass is 10.2. The molecule has 0 amide bonds. The Morgan fingerprint density at radius 1 is 0.581 bits per heavy atom. The molecule has 0 fully saturated rings. The molecular formula is C20H10AlF6N2O2. The summed E-state index contributed by atoms with van der Waals surface area (Å²) in [7, 11) is 0. The number of pyridine rings is 2. The third-order valence-corrected chi connectivity index (χ3v) is 5.00. The van der Waals surface area contributed by atoms with E-state index in [1.54, 1.807) is 24.3 Å². The second-order valence-corrected chi connectivity index (χ2v) is 7.04. The molecule has 1 radical (unpaired) electrons. The predicted octanol–water partition coefficient (Wildman–Crippen LogP) is 5.81. The maximum atomic E-state index is 13.0. The predicted molar refractivity (Wildman–Crippen MR) is 101 cm³/mol. The van der Waals surface area contributed by atoms with Gasteiger partial charge in [0, 0.05) is 10.8 Å². The van der Waals surface area contributed by atoms with Crippen molar-refractivity contribution in [1.82, 2.24) is 9.97 Å². The van der Waals surface area contributed by atoms with Crippen LogP contribution in [-0.2, 0) is 12.4 Å². The second kappa shape index (κ2) is 7.91. The Labute approximate surface area is 177 Å². The number of hydrogen-bond acceptors (Lipinski definition) is 4. The van der Waals surface area contributed by atoms with E-state index in [9.17, 15) is 26.3 Å². The van der Waals surface area contributed by atoms with Crippen molar-refractivity contribution in [3.05, 3.63) is 72.1 Å². The van der Waals surface area contributed by atoms with Gasteiger partial charge in [-0.05, 0) is 24.3 Å². The minimum absolute atomic E-state index is 0.00354. The van der Waals surface area contributed by atoms with Gasteiger partial charge in [0.2, 0.25) is 0 Å². The van der Waals surface area contributed by atoms with Crippen LogP contribution in [0.3, 0.4) is 0 Å². The zero-order valence-electron chi connectivity index (χ0n) is 15.3. The van der Waals surface area contributed by atoms with Crippen LogP contribution in [0.2, 0.25) is 0 Å². The van der Waals surface area contributed by atoms with Crippen LogP contribution in [-0.4, -0.2) is 25.9 Å². The van der Waals surface area contributed by atoms with Gasteiger partial charge in [-0.1, -0.05) is 36.4 Å². The van der Waals surface area contributed by atoms with E-state index in [1.165, 1.54) is 24.3 Å². The quantitative estimate of drug-likeness (QED) is 0.290. The second-order valence-electron chi connectivity index (χ2n) is 6.38. The van der Waals surface area contributed by atoms with Crippen molar-refractivity contribution in [3.63, 3.8) is 0 Å². The van der Waals surface area contributed by atoms with E-state index in [4.69, 9.17) is 7.58 Å². The fraction of sp³-hybridized carbons (Fsp3) is 0.100. The molecule has 11 heteroatoms. The lowest BCUT2D eigenvalue weighted by molar-refractivity contribution is -0.141. The molecule has 4 nitrogen and oxygen atoms in total. The molecule has 2 aromatic heterocycles. The summed E-state index contributed by atoms with van der Waals surface area (Å²) in [6.45, 7) is 0. The molecule has 2 aromatic carbocycles. The monoisotopic (exact) mass is 451 g/mol. The highest BCUT2D eigenvalue weighted by Gasteiger charge is 2.33. The first-order chi connectivity index (χ1) is 14.6. The molecule has 0 atom stereocenters. The Morgan fingerprint density at radius 2 is 1.00 bits per heavy atom. The van der Waals surface area contributed by atoms with Crippen LogP contribution in [0.5, 0.6) is 11.5 Å². The van der Waals surface area contributed by atoms with Crippen LogP contribution in [0.4, 0.5) is 26.3 Å². The molecule has 0 unspecified atom stereocenters. The van der Waals surface area contributed by atoms with Gasteiger partial charge in [0.25, 0.3) is 0 Å². The van der Waals surface area contributed by atoms with Gasteiger partial charge in [-0.2, -0.15) is 26.3 Å². The molecule has 0 aliphatic carbocycles. The van der Waals surface area contributed by atoms with Crippen molar-refractivity contribution in [1.29, 1.82) is 0 Å². The van der Waals surface area contributed by atoms with E-state index >= 15 is 0 Å². The van der Waals surface area contributed by atoms with Gasteiger partial charge in [0.1, 0.15) is 33.9 Å². The Balaban J connectivity index is 1.60. The Morgan fingerprint density at radius 3 is 1.39 bits per heavy atom. The fourth-order valence-corrected chi connectivity index (χ4v) is 3.51. The van der Waals surface area contributed by atoms with Gasteiger partial charge in [-0.15, -0.1) is 0 Å². The summed E-state index contributed by atoms with van der Waals surface area (Å²) in [5.41, 5.74) is -2.12. The molecule has 4 rings (SSSR count). The number of fused-ring (bicyclic) bond motifs is 2. The van der Waals surface area contributed by atoms with Crippen molar-refractivity contribution < 1.29 is 33.9 Å². The van der Waals surface area contributed by atoms with Crippen LogP contribution in [0.15, 0.2) is 60.7 Å². The standard InChI is InChI=1S/2C10H6F3NO.Al/c2*11-10(12,13)8-5-4-6-2-1-3-7(15)9(6)14-8;/h2*1-5,15H;/q;;+2/p-2. The third kappa shape index (κ3) is 4.52. The van der Waals surface area contributed by atoms with Gasteiger partial charge in [0.15, 0.2) is 0 Å². The first kappa shape index (κ1) is 21.2. The number of para-hydroxylation sites is 2. The summed E-state index contributed by atoms with van der Waals surface area (Å²) < 4.78 is 88.9. The smallest absolute Gasteiger partial charge is 0.614 e. The van der Waals surface area contributed by atoms with Gasteiger partial charge >= 0.3 is 28.2 Å². The van der Waals surface area contributed by atoms with E-state index in [0.29, 0.717) is 10.8 Å². The Kier molecular flexibility index (Phi) is 5.41. The minimum Gasteiger partial charge on any atom is -0.614 e. The maximum absolute atomic E-state index is 13.0. The lowest BCUT2D eigenvalue weighted by Crippen LogP contribution is -2.13. The number of benzene rings is 2. The Hall–Kier alpha value is -3.03. The number of nitrogens with zero attached hydrogens (tertiary/aromatic N) is 2. The Bertz CT molecular complexity index is 1160. The van der Waals surface area contributed by atoms with Gasteiger partial charge in [-0.25, -0.2) is 9.97 Å². The van der Waals surface area contributed by atoms with Gasteiger partial charge < -0.3 is 7.58 Å². The third-order valence-electron chi connectivity index (χ3n) is 4.30. The molecule has 0 spiro atoms. The molecule has 0 bridgehead atoms. The molecular weight excluding hydrogens is 441 g/mol. The van der Waals surface area contributed by atoms with Crippen molar-refractivity contribution >= 4 is 37.7 Å². The fourth-order valence-electron chi connectivity index (χ4n) is 2.87. The highest BCUT2D eigenvalue weighted by atomic mass is 27.2. The number of alkyl halides is 6. The van der Waals surface area contributed by atoms with E-state index in [2.05, 4.69) is 9.97 Å². The van der Waals surface area contributed by atoms with Crippen molar-refractivity contribution in [2.75, 3.05) is 0 Å². The average Bonchev–Trinajstić information content (AvgIpc) is 2.72. The summed E-state index contributed by atoms with van der Waals surface area (Å²) in [5.74, 6) is 0.144. The molecule has 157 valence electrons. The topological polar surface area (TPSA) is 44.2 Å². The molecule has 0 N–H and O–H groups in total. The van der Waals surface area contributed by atoms with E-state index < -0.39 is 39.6 Å². The van der Waals surface area contributed by atoms with Crippen molar-refractivity contribution in [2.24, 2.45) is 0 Å². The van der Waals surface area contributed by atoms with Crippen LogP contribution < -0.4 is 7.58 Å². The zero-order chi connectivity index (χ0) is 22.2. The van der Waals surface area contributed by atoms with Gasteiger partial charge in [-0.3, -0.25) is 0 Å². The molecule has 4 aromatic rings. The molecule has 0 saturated heterocycles. The summed E-state index contributed by atoms with van der Waals surface area (Å²) in [6, 6.07) is 13.5. The van der Waals surface area contributed by atoms with Crippen molar-refractivity contribution in [2.45, 2.75) is 12.4 Å². The number of halogens is 6. The van der Waals surface area contributed by atoms with Crippen LogP contribution in [0.25, 0.3) is 21.8 Å². The van der Waals surface area contributed by atoms with Crippen LogP contribution >= 0.6 is 0 Å². The molecule has 2 heterocycles. The summed E-state index contributed by atoms with van der Waals surface area (Å²) in [6.07, 6.45) is -9.23. The molecule has 0 aliphatic heterocycles.